The summed E-state index contributed by atoms with van der Waals surface area (Å²) in [6.07, 6.45) is 18.3. The van der Waals surface area contributed by atoms with Crippen LogP contribution in [0, 0.1) is 0 Å². The van der Waals surface area contributed by atoms with Crippen molar-refractivity contribution in [3.05, 3.63) is 41.0 Å². The zero-order valence-corrected chi connectivity index (χ0v) is 20.5. The molecule has 140 valence electrons. The minimum atomic E-state index is -0.590. The maximum atomic E-state index is 2.62. The van der Waals surface area contributed by atoms with Crippen LogP contribution >= 0.6 is 0 Å². The molecule has 0 atom stereocenters. The molecule has 0 fully saturated rings. The molecule has 0 saturated heterocycles. The molecule has 0 bridgehead atoms. The Morgan fingerprint density at radius 2 is 1.00 bits per heavy atom. The molecular weight excluding hydrogens is 426 g/mol. The van der Waals surface area contributed by atoms with Crippen LogP contribution in [0.1, 0.15) is 91.9 Å². The van der Waals surface area contributed by atoms with E-state index in [4.69, 9.17) is 0 Å². The monoisotopic (exact) mass is 458 g/mol. The van der Waals surface area contributed by atoms with Gasteiger partial charge in [0, 0.05) is 0 Å². The van der Waals surface area contributed by atoms with Crippen LogP contribution in [0.25, 0.3) is 0 Å². The first kappa shape index (κ1) is 25.4. The minimum absolute atomic E-state index is 0. The third-order valence-corrected chi connectivity index (χ3v) is 8.79. The van der Waals surface area contributed by atoms with E-state index in [-0.39, 0.29) is 24.8 Å². The first-order valence-electron chi connectivity index (χ1n) is 9.84. The van der Waals surface area contributed by atoms with Crippen LogP contribution in [-0.2, 0) is 23.2 Å². The van der Waals surface area contributed by atoms with Crippen LogP contribution in [-0.4, -0.2) is 0 Å². The van der Waals surface area contributed by atoms with Crippen LogP contribution < -0.4 is 24.8 Å². The van der Waals surface area contributed by atoms with Crippen molar-refractivity contribution in [3.8, 4) is 0 Å². The molecule has 0 unspecified atom stereocenters. The number of allylic oxidation sites excluding steroid dienone is 8. The number of hydrogen-bond acceptors (Lipinski definition) is 0. The third kappa shape index (κ3) is 6.82. The van der Waals surface area contributed by atoms with Gasteiger partial charge < -0.3 is 24.8 Å². The molecule has 0 saturated carbocycles. The van der Waals surface area contributed by atoms with E-state index in [2.05, 4.69) is 39.8 Å². The smallest absolute Gasteiger partial charge is 1.00 e. The molecule has 0 spiro atoms. The Bertz CT molecular complexity index is 490. The van der Waals surface area contributed by atoms with Crippen molar-refractivity contribution < 1.29 is 48.0 Å². The van der Waals surface area contributed by atoms with Crippen LogP contribution in [0.4, 0.5) is 0 Å². The number of hydrogen-bond donors (Lipinski definition) is 0. The Kier molecular flexibility index (Phi) is 13.8. The Balaban J connectivity index is 0.00000288. The van der Waals surface area contributed by atoms with Crippen molar-refractivity contribution >= 4 is 0 Å². The van der Waals surface area contributed by atoms with Crippen LogP contribution in [0.15, 0.2) is 41.0 Å². The molecule has 0 N–H and O–H groups in total. The fourth-order valence-electron chi connectivity index (χ4n) is 3.95. The fourth-order valence-corrected chi connectivity index (χ4v) is 7.90. The first-order valence-corrected chi connectivity index (χ1v) is 12.3. The normalized spacial score (nSPS) is 16.3. The molecule has 2 rings (SSSR count). The van der Waals surface area contributed by atoms with E-state index < -0.39 is 23.2 Å². The van der Waals surface area contributed by atoms with E-state index >= 15 is 0 Å². The van der Waals surface area contributed by atoms with Gasteiger partial charge in [0.15, 0.2) is 0 Å². The average Bonchev–Trinajstić information content (AvgIpc) is 3.09. The van der Waals surface area contributed by atoms with E-state index in [1.807, 2.05) is 6.56 Å². The van der Waals surface area contributed by atoms with E-state index in [0.717, 1.165) is 0 Å². The molecule has 0 aromatic heterocycles. The molecule has 0 aliphatic heterocycles. The SMILES string of the molecule is CCCC1=C(CCC)[C]([Zr+2][C]2=CCC(CCC)=C2CCC)=CC1.[Cl-].[Cl-]. The van der Waals surface area contributed by atoms with Gasteiger partial charge >= 0.3 is 156 Å². The largest absolute Gasteiger partial charge is 1.00 e. The Hall–Kier alpha value is 0.423. The van der Waals surface area contributed by atoms with Crippen LogP contribution in [0.2, 0.25) is 0 Å². The fraction of sp³-hybridized carbons (Fsp3) is 0.636. The molecule has 0 aromatic rings. The second kappa shape index (κ2) is 13.6. The summed E-state index contributed by atoms with van der Waals surface area (Å²) in [6, 6.07) is 0. The van der Waals surface area contributed by atoms with E-state index in [9.17, 15) is 0 Å². The van der Waals surface area contributed by atoms with Gasteiger partial charge in [0.2, 0.25) is 0 Å². The summed E-state index contributed by atoms with van der Waals surface area (Å²) in [5, 5.41) is 0. The molecule has 0 aromatic carbocycles. The maximum absolute atomic E-state index is 2.62. The summed E-state index contributed by atoms with van der Waals surface area (Å²) in [6.45, 7) is 9.34. The molecule has 0 amide bonds. The van der Waals surface area contributed by atoms with Gasteiger partial charge in [-0.05, 0) is 0 Å². The van der Waals surface area contributed by atoms with Gasteiger partial charge in [0.25, 0.3) is 0 Å². The van der Waals surface area contributed by atoms with E-state index in [1.54, 1.807) is 22.3 Å². The minimum Gasteiger partial charge on any atom is -1.00 e. The molecule has 2 aliphatic carbocycles. The zero-order valence-electron chi connectivity index (χ0n) is 16.5. The summed E-state index contributed by atoms with van der Waals surface area (Å²) in [5.74, 6) is 0. The van der Waals surface area contributed by atoms with Crippen molar-refractivity contribution in [1.29, 1.82) is 0 Å². The summed E-state index contributed by atoms with van der Waals surface area (Å²) in [7, 11) is 0. The zero-order chi connectivity index (χ0) is 16.7. The van der Waals surface area contributed by atoms with Crippen molar-refractivity contribution in [1.82, 2.24) is 0 Å². The van der Waals surface area contributed by atoms with Gasteiger partial charge in [-0.15, -0.1) is 0 Å². The molecule has 3 heteroatoms. The summed E-state index contributed by atoms with van der Waals surface area (Å²) < 4.78 is 3.66. The Morgan fingerprint density at radius 3 is 1.32 bits per heavy atom. The van der Waals surface area contributed by atoms with Gasteiger partial charge in [-0.1, -0.05) is 0 Å². The molecule has 25 heavy (non-hydrogen) atoms. The second-order valence-corrected chi connectivity index (χ2v) is 10.2. The van der Waals surface area contributed by atoms with Crippen LogP contribution in [0.3, 0.4) is 0 Å². The van der Waals surface area contributed by atoms with Gasteiger partial charge in [-0.25, -0.2) is 0 Å². The van der Waals surface area contributed by atoms with Gasteiger partial charge in [-0.3, -0.25) is 0 Å². The first-order chi connectivity index (χ1) is 11.2. The Labute approximate surface area is 180 Å². The maximum Gasteiger partial charge on any atom is -1.00 e. The summed E-state index contributed by atoms with van der Waals surface area (Å²) >= 11 is -0.590. The van der Waals surface area contributed by atoms with Gasteiger partial charge in [0.1, 0.15) is 0 Å². The topological polar surface area (TPSA) is 0 Å². The standard InChI is InChI=1S/2C11H17.2ClH.Zr/c2*1-3-6-10-8-5-9-11(10)7-4-2;;;/h2*5H,3-4,6-8H2,1-2H3;2*1H;/q;;;;+2/p-2. The van der Waals surface area contributed by atoms with E-state index in [0.29, 0.717) is 0 Å². The molecule has 0 heterocycles. The quantitative estimate of drug-likeness (QED) is 0.463. The van der Waals surface area contributed by atoms with E-state index in [1.165, 1.54) is 64.2 Å². The van der Waals surface area contributed by atoms with Crippen molar-refractivity contribution in [2.24, 2.45) is 0 Å². The molecule has 0 radical (unpaired) electrons. The summed E-state index contributed by atoms with van der Waals surface area (Å²) in [4.78, 5) is 0. The van der Waals surface area contributed by atoms with Crippen molar-refractivity contribution in [3.63, 3.8) is 0 Å². The van der Waals surface area contributed by atoms with Crippen LogP contribution in [0.5, 0.6) is 0 Å². The third-order valence-electron chi connectivity index (χ3n) is 4.98. The van der Waals surface area contributed by atoms with Gasteiger partial charge in [-0.2, -0.15) is 0 Å². The van der Waals surface area contributed by atoms with Gasteiger partial charge in [0.05, 0.1) is 0 Å². The molecular formula is C22H34Cl2Zr. The predicted octanol–water partition coefficient (Wildman–Crippen LogP) is 1.45. The average molecular weight is 461 g/mol. The van der Waals surface area contributed by atoms with Crippen molar-refractivity contribution in [2.45, 2.75) is 91.9 Å². The Morgan fingerprint density at radius 1 is 0.640 bits per heavy atom. The predicted molar refractivity (Wildman–Crippen MR) is 99.1 cm³/mol. The summed E-state index contributed by atoms with van der Waals surface area (Å²) in [5.41, 5.74) is 7.14. The number of rotatable bonds is 10. The molecule has 2 aliphatic rings. The molecule has 0 nitrogen and oxygen atoms in total. The second-order valence-electron chi connectivity index (χ2n) is 6.93. The number of halogens is 2. The van der Waals surface area contributed by atoms with Crippen molar-refractivity contribution in [2.75, 3.05) is 0 Å².